The summed E-state index contributed by atoms with van der Waals surface area (Å²) >= 11 is 2.73. The van der Waals surface area contributed by atoms with E-state index in [2.05, 4.69) is 20.9 Å². The molecule has 1 heterocycles. The van der Waals surface area contributed by atoms with Gasteiger partial charge in [0, 0.05) is 6.20 Å². The zero-order chi connectivity index (χ0) is 11.6. The minimum atomic E-state index is -2.87. The monoisotopic (exact) mass is 276 g/mol. The lowest BCUT2D eigenvalue weighted by Gasteiger charge is -2.05. The Morgan fingerprint density at radius 2 is 2.27 bits per heavy atom. The van der Waals surface area contributed by atoms with Gasteiger partial charge in [-0.1, -0.05) is 0 Å². The molecule has 7 heteroatoms. The maximum Gasteiger partial charge on any atom is 0.338 e. The Bertz CT molecular complexity index is 457. The summed E-state index contributed by atoms with van der Waals surface area (Å²) in [6.07, 6.45) is -2.12. The molecule has 1 rings (SSSR count). The zero-order valence-electron chi connectivity index (χ0n) is 7.04. The second-order valence-corrected chi connectivity index (χ2v) is 3.26. The largest absolute Gasteiger partial charge is 0.478 e. The van der Waals surface area contributed by atoms with Crippen molar-refractivity contribution in [3.63, 3.8) is 0 Å². The highest BCUT2D eigenvalue weighted by Gasteiger charge is 2.21. The molecule has 0 spiro atoms. The molecule has 1 aromatic heterocycles. The number of carboxylic acids is 1. The van der Waals surface area contributed by atoms with E-state index in [4.69, 9.17) is 10.4 Å². The summed E-state index contributed by atoms with van der Waals surface area (Å²) < 4.78 is 24.4. The Labute approximate surface area is 91.3 Å². The van der Waals surface area contributed by atoms with E-state index >= 15 is 0 Å². The van der Waals surface area contributed by atoms with Gasteiger partial charge in [-0.05, 0) is 15.9 Å². The number of carbonyl (C=O) groups is 1. The minimum absolute atomic E-state index is 0.278. The fourth-order valence-corrected chi connectivity index (χ4v) is 1.50. The third-order valence-electron chi connectivity index (χ3n) is 1.60. The lowest BCUT2D eigenvalue weighted by atomic mass is 10.1. The highest BCUT2D eigenvalue weighted by atomic mass is 79.9. The predicted octanol–water partition coefficient (Wildman–Crippen LogP) is 2.35. The maximum atomic E-state index is 12.3. The van der Waals surface area contributed by atoms with E-state index < -0.39 is 23.7 Å². The Morgan fingerprint density at radius 1 is 1.67 bits per heavy atom. The number of nitriles is 1. The van der Waals surface area contributed by atoms with Crippen molar-refractivity contribution in [3.05, 3.63) is 27.5 Å². The third-order valence-corrected chi connectivity index (χ3v) is 2.40. The number of aromatic nitrogens is 1. The van der Waals surface area contributed by atoms with Crippen LogP contribution in [0.5, 0.6) is 0 Å². The molecule has 0 aliphatic carbocycles. The summed E-state index contributed by atoms with van der Waals surface area (Å²) in [4.78, 5) is 13.9. The number of alkyl halides is 2. The first-order valence-electron chi connectivity index (χ1n) is 3.59. The lowest BCUT2D eigenvalue weighted by Crippen LogP contribution is -2.05. The molecular formula is C8H3BrF2N2O2. The molecule has 0 amide bonds. The summed E-state index contributed by atoms with van der Waals surface area (Å²) in [6.45, 7) is 0. The van der Waals surface area contributed by atoms with Gasteiger partial charge in [-0.25, -0.2) is 13.6 Å². The molecule has 1 aromatic rings. The number of rotatable bonds is 2. The molecule has 0 atom stereocenters. The Kier molecular flexibility index (Phi) is 3.31. The van der Waals surface area contributed by atoms with Crippen LogP contribution in [-0.4, -0.2) is 16.1 Å². The van der Waals surface area contributed by atoms with Crippen molar-refractivity contribution in [3.8, 4) is 6.07 Å². The smallest absolute Gasteiger partial charge is 0.338 e. The molecule has 0 saturated heterocycles. The van der Waals surface area contributed by atoms with Gasteiger partial charge >= 0.3 is 5.97 Å². The Morgan fingerprint density at radius 3 is 2.67 bits per heavy atom. The Balaban J connectivity index is 3.48. The van der Waals surface area contributed by atoms with E-state index in [0.29, 0.717) is 0 Å². The van der Waals surface area contributed by atoms with Crippen LogP contribution in [0, 0.1) is 11.3 Å². The van der Waals surface area contributed by atoms with Crippen LogP contribution in [0.2, 0.25) is 0 Å². The van der Waals surface area contributed by atoms with Crippen molar-refractivity contribution < 1.29 is 18.7 Å². The first kappa shape index (κ1) is 11.5. The molecule has 4 nitrogen and oxygen atoms in total. The van der Waals surface area contributed by atoms with E-state index in [1.54, 1.807) is 0 Å². The number of nitrogens with zero attached hydrogens (tertiary/aromatic N) is 2. The van der Waals surface area contributed by atoms with Crippen molar-refractivity contribution in [2.24, 2.45) is 0 Å². The lowest BCUT2D eigenvalue weighted by molar-refractivity contribution is 0.0695. The van der Waals surface area contributed by atoms with Gasteiger partial charge in [0.15, 0.2) is 0 Å². The third kappa shape index (κ3) is 2.10. The molecular weight excluding hydrogens is 274 g/mol. The summed E-state index contributed by atoms with van der Waals surface area (Å²) in [5, 5.41) is 17.3. The van der Waals surface area contributed by atoms with E-state index in [9.17, 15) is 13.6 Å². The van der Waals surface area contributed by atoms with Crippen molar-refractivity contribution in [1.82, 2.24) is 4.98 Å². The van der Waals surface area contributed by atoms with Gasteiger partial charge in [0.05, 0.1) is 15.6 Å². The molecule has 0 aliphatic rings. The number of aromatic carboxylic acids is 1. The van der Waals surface area contributed by atoms with Gasteiger partial charge in [-0.3, -0.25) is 4.98 Å². The maximum absolute atomic E-state index is 12.3. The number of halogens is 3. The molecule has 1 N–H and O–H groups in total. The second kappa shape index (κ2) is 4.31. The van der Waals surface area contributed by atoms with Gasteiger partial charge in [-0.15, -0.1) is 0 Å². The summed E-state index contributed by atoms with van der Waals surface area (Å²) in [7, 11) is 0. The molecule has 0 fully saturated rings. The van der Waals surface area contributed by atoms with Gasteiger partial charge in [-0.2, -0.15) is 5.26 Å². The van der Waals surface area contributed by atoms with Crippen molar-refractivity contribution in [1.29, 1.82) is 5.26 Å². The van der Waals surface area contributed by atoms with Crippen LogP contribution in [0.1, 0.15) is 28.0 Å². The van der Waals surface area contributed by atoms with E-state index in [-0.39, 0.29) is 10.0 Å². The summed E-state index contributed by atoms with van der Waals surface area (Å²) in [5.41, 5.74) is -1.40. The molecule has 78 valence electrons. The minimum Gasteiger partial charge on any atom is -0.478 e. The highest BCUT2D eigenvalue weighted by Crippen LogP contribution is 2.29. The molecule has 15 heavy (non-hydrogen) atoms. The number of carboxylic acid groups (broad SMARTS) is 1. The average molecular weight is 277 g/mol. The van der Waals surface area contributed by atoms with Gasteiger partial charge in [0.25, 0.3) is 6.43 Å². The number of pyridine rings is 1. The van der Waals surface area contributed by atoms with Crippen molar-refractivity contribution in [2.75, 3.05) is 0 Å². The van der Waals surface area contributed by atoms with Crippen LogP contribution in [0.3, 0.4) is 0 Å². The van der Waals surface area contributed by atoms with E-state index in [1.165, 1.54) is 6.07 Å². The van der Waals surface area contributed by atoms with Gasteiger partial charge < -0.3 is 5.11 Å². The van der Waals surface area contributed by atoms with Gasteiger partial charge in [0.2, 0.25) is 0 Å². The van der Waals surface area contributed by atoms with Crippen molar-refractivity contribution in [2.45, 2.75) is 6.43 Å². The first-order valence-corrected chi connectivity index (χ1v) is 4.38. The SMILES string of the molecule is N#Cc1c(C(=O)O)cnc(C(F)F)c1Br. The van der Waals surface area contributed by atoms with Gasteiger partial charge in [0.1, 0.15) is 11.8 Å². The highest BCUT2D eigenvalue weighted by molar-refractivity contribution is 9.10. The second-order valence-electron chi connectivity index (χ2n) is 2.46. The molecule has 0 saturated carbocycles. The normalized spacial score (nSPS) is 10.1. The molecule has 0 bridgehead atoms. The van der Waals surface area contributed by atoms with Crippen LogP contribution in [0.4, 0.5) is 8.78 Å². The topological polar surface area (TPSA) is 74.0 Å². The standard InChI is InChI=1S/C8H3BrF2N2O2/c9-5-3(1-12)4(8(14)15)2-13-6(5)7(10)11/h2,7H,(H,14,15). The van der Waals surface area contributed by atoms with Crippen molar-refractivity contribution >= 4 is 21.9 Å². The van der Waals surface area contributed by atoms with Crippen LogP contribution < -0.4 is 0 Å². The van der Waals surface area contributed by atoms with E-state index in [0.717, 1.165) is 6.20 Å². The molecule has 0 aromatic carbocycles. The molecule has 0 radical (unpaired) electrons. The number of hydrogen-bond donors (Lipinski definition) is 1. The zero-order valence-corrected chi connectivity index (χ0v) is 8.62. The predicted molar refractivity (Wildman–Crippen MR) is 48.6 cm³/mol. The fraction of sp³-hybridized carbons (Fsp3) is 0.125. The van der Waals surface area contributed by atoms with Crippen LogP contribution in [0.25, 0.3) is 0 Å². The summed E-state index contributed by atoms with van der Waals surface area (Å²) in [5.74, 6) is -1.39. The molecule has 0 unspecified atom stereocenters. The first-order chi connectivity index (χ1) is 6.99. The number of hydrogen-bond acceptors (Lipinski definition) is 3. The average Bonchev–Trinajstić information content (AvgIpc) is 2.16. The van der Waals surface area contributed by atoms with Crippen LogP contribution in [0.15, 0.2) is 10.7 Å². The summed E-state index contributed by atoms with van der Waals surface area (Å²) in [6, 6.07) is 1.54. The molecule has 0 aliphatic heterocycles. The van der Waals surface area contributed by atoms with Crippen LogP contribution in [-0.2, 0) is 0 Å². The van der Waals surface area contributed by atoms with Crippen LogP contribution >= 0.6 is 15.9 Å². The quantitative estimate of drug-likeness (QED) is 0.900. The fourth-order valence-electron chi connectivity index (χ4n) is 0.925. The van der Waals surface area contributed by atoms with E-state index in [1.807, 2.05) is 0 Å². The Hall–Kier alpha value is -1.55.